The maximum atomic E-state index is 12.5. The maximum Gasteiger partial charge on any atom is 0.261 e. The minimum atomic E-state index is -3.64. The first-order chi connectivity index (χ1) is 13.4. The van der Waals surface area contributed by atoms with Gasteiger partial charge in [-0.3, -0.25) is 9.62 Å². The lowest BCUT2D eigenvalue weighted by atomic mass is 10.2. The van der Waals surface area contributed by atoms with Crippen LogP contribution in [-0.2, 0) is 10.0 Å². The topological polar surface area (TPSA) is 65.5 Å². The van der Waals surface area contributed by atoms with Gasteiger partial charge in [-0.15, -0.1) is 0 Å². The van der Waals surface area contributed by atoms with Crippen molar-refractivity contribution in [2.75, 3.05) is 35.8 Å². The number of aromatic nitrogens is 1. The summed E-state index contributed by atoms with van der Waals surface area (Å²) in [6.45, 7) is 12.1. The van der Waals surface area contributed by atoms with E-state index >= 15 is 0 Å². The van der Waals surface area contributed by atoms with Crippen LogP contribution in [0.15, 0.2) is 54.1 Å². The van der Waals surface area contributed by atoms with Crippen molar-refractivity contribution in [3.05, 3.63) is 54.7 Å². The van der Waals surface area contributed by atoms with Crippen LogP contribution in [-0.4, -0.2) is 50.5 Å². The number of anilines is 2. The standard InChI is InChI=1S/C21H28N4O2S/c1-4-12-24-13-14-25(16-17(24)3)21-11-8-19(15-22-21)23-28(26,27)20-9-6-18(5-2)7-10-20/h5-11,15,17,23H,2,4,12-14,16H2,1,3H3/t17-/m0/s1. The predicted octanol–water partition coefficient (Wildman–Crippen LogP) is 3.45. The van der Waals surface area contributed by atoms with Crippen LogP contribution in [0.1, 0.15) is 25.8 Å². The van der Waals surface area contributed by atoms with Crippen molar-refractivity contribution in [2.45, 2.75) is 31.2 Å². The Labute approximate surface area is 167 Å². The van der Waals surface area contributed by atoms with Gasteiger partial charge in [0, 0.05) is 25.7 Å². The molecule has 0 saturated carbocycles. The van der Waals surface area contributed by atoms with E-state index in [-0.39, 0.29) is 4.90 Å². The summed E-state index contributed by atoms with van der Waals surface area (Å²) in [5.41, 5.74) is 1.33. The van der Waals surface area contributed by atoms with E-state index in [1.165, 1.54) is 0 Å². The van der Waals surface area contributed by atoms with E-state index in [4.69, 9.17) is 0 Å². The number of piperazine rings is 1. The Morgan fingerprint density at radius 3 is 2.54 bits per heavy atom. The van der Waals surface area contributed by atoms with Crippen LogP contribution in [0.5, 0.6) is 0 Å². The van der Waals surface area contributed by atoms with E-state index in [1.807, 2.05) is 6.07 Å². The molecular weight excluding hydrogens is 372 g/mol. The largest absolute Gasteiger partial charge is 0.354 e. The van der Waals surface area contributed by atoms with E-state index < -0.39 is 10.0 Å². The number of hydrogen-bond acceptors (Lipinski definition) is 5. The zero-order valence-corrected chi connectivity index (χ0v) is 17.3. The maximum absolute atomic E-state index is 12.5. The summed E-state index contributed by atoms with van der Waals surface area (Å²) in [4.78, 5) is 9.44. The first-order valence-electron chi connectivity index (χ1n) is 9.63. The van der Waals surface area contributed by atoms with Crippen LogP contribution in [0.4, 0.5) is 11.5 Å². The quantitative estimate of drug-likeness (QED) is 0.771. The van der Waals surface area contributed by atoms with Crippen LogP contribution < -0.4 is 9.62 Å². The molecule has 1 N–H and O–H groups in total. The molecule has 7 heteroatoms. The number of nitrogens with one attached hydrogen (secondary N) is 1. The fourth-order valence-electron chi connectivity index (χ4n) is 3.45. The SMILES string of the molecule is C=Cc1ccc(S(=O)(=O)Nc2ccc(N3CCN(CCC)[C@@H](C)C3)nc2)cc1. The molecule has 0 amide bonds. The first-order valence-corrected chi connectivity index (χ1v) is 11.1. The molecule has 0 spiro atoms. The minimum Gasteiger partial charge on any atom is -0.354 e. The lowest BCUT2D eigenvalue weighted by molar-refractivity contribution is 0.189. The Bertz CT molecular complexity index is 895. The van der Waals surface area contributed by atoms with Gasteiger partial charge in [-0.1, -0.05) is 31.7 Å². The average Bonchev–Trinajstić information content (AvgIpc) is 2.70. The second-order valence-electron chi connectivity index (χ2n) is 7.11. The highest BCUT2D eigenvalue weighted by molar-refractivity contribution is 7.92. The van der Waals surface area contributed by atoms with Crippen LogP contribution >= 0.6 is 0 Å². The molecule has 150 valence electrons. The molecule has 1 aliphatic rings. The Morgan fingerprint density at radius 1 is 1.21 bits per heavy atom. The van der Waals surface area contributed by atoms with Crippen molar-refractivity contribution in [2.24, 2.45) is 0 Å². The number of benzene rings is 1. The number of hydrogen-bond donors (Lipinski definition) is 1. The molecule has 0 aliphatic carbocycles. The number of sulfonamides is 1. The van der Waals surface area contributed by atoms with Crippen molar-refractivity contribution in [3.63, 3.8) is 0 Å². The molecule has 0 unspecified atom stereocenters. The summed E-state index contributed by atoms with van der Waals surface area (Å²) in [5, 5.41) is 0. The molecule has 0 radical (unpaired) electrons. The monoisotopic (exact) mass is 400 g/mol. The van der Waals surface area contributed by atoms with Crippen molar-refractivity contribution >= 4 is 27.6 Å². The second kappa shape index (κ2) is 8.75. The van der Waals surface area contributed by atoms with Crippen LogP contribution in [0, 0.1) is 0 Å². The lowest BCUT2D eigenvalue weighted by Gasteiger charge is -2.40. The molecule has 28 heavy (non-hydrogen) atoms. The average molecular weight is 401 g/mol. The van der Waals surface area contributed by atoms with Crippen molar-refractivity contribution in [3.8, 4) is 0 Å². The number of nitrogens with zero attached hydrogens (tertiary/aromatic N) is 3. The molecular formula is C21H28N4O2S. The molecule has 1 aromatic carbocycles. The molecule has 1 aromatic heterocycles. The molecule has 1 atom stereocenters. The summed E-state index contributed by atoms with van der Waals surface area (Å²) < 4.78 is 27.7. The van der Waals surface area contributed by atoms with E-state index in [2.05, 4.69) is 39.9 Å². The molecule has 2 aromatic rings. The fraction of sp³-hybridized carbons (Fsp3) is 0.381. The van der Waals surface area contributed by atoms with Gasteiger partial charge in [0.1, 0.15) is 5.82 Å². The van der Waals surface area contributed by atoms with Crippen molar-refractivity contribution < 1.29 is 8.42 Å². The van der Waals surface area contributed by atoms with Gasteiger partial charge in [-0.2, -0.15) is 0 Å². The summed E-state index contributed by atoms with van der Waals surface area (Å²) in [6, 6.07) is 10.7. The number of rotatable bonds is 7. The highest BCUT2D eigenvalue weighted by Gasteiger charge is 2.23. The van der Waals surface area contributed by atoms with Gasteiger partial charge >= 0.3 is 0 Å². The normalized spacial score (nSPS) is 18.1. The fourth-order valence-corrected chi connectivity index (χ4v) is 4.50. The Balaban J connectivity index is 1.66. The third kappa shape index (κ3) is 4.72. The highest BCUT2D eigenvalue weighted by Crippen LogP contribution is 2.21. The molecule has 1 fully saturated rings. The van der Waals surface area contributed by atoms with Crippen molar-refractivity contribution in [1.82, 2.24) is 9.88 Å². The lowest BCUT2D eigenvalue weighted by Crippen LogP contribution is -2.52. The Kier molecular flexibility index (Phi) is 6.36. The van der Waals surface area contributed by atoms with Gasteiger partial charge in [0.15, 0.2) is 0 Å². The van der Waals surface area contributed by atoms with Crippen molar-refractivity contribution in [1.29, 1.82) is 0 Å². The molecule has 3 rings (SSSR count). The molecule has 2 heterocycles. The minimum absolute atomic E-state index is 0.211. The highest BCUT2D eigenvalue weighted by atomic mass is 32.2. The van der Waals surface area contributed by atoms with E-state index in [0.717, 1.165) is 44.0 Å². The smallest absolute Gasteiger partial charge is 0.261 e. The summed E-state index contributed by atoms with van der Waals surface area (Å²) in [5.74, 6) is 0.876. The van der Waals surface area contributed by atoms with Crippen LogP contribution in [0.3, 0.4) is 0 Å². The van der Waals surface area contributed by atoms with Gasteiger partial charge in [0.25, 0.3) is 10.0 Å². The van der Waals surface area contributed by atoms with Gasteiger partial charge in [0.05, 0.1) is 16.8 Å². The Morgan fingerprint density at radius 2 is 1.96 bits per heavy atom. The van der Waals surface area contributed by atoms with Gasteiger partial charge < -0.3 is 4.90 Å². The second-order valence-corrected chi connectivity index (χ2v) is 8.80. The van der Waals surface area contributed by atoms with Crippen LogP contribution in [0.25, 0.3) is 6.08 Å². The van der Waals surface area contributed by atoms with E-state index in [1.54, 1.807) is 42.6 Å². The Hall–Kier alpha value is -2.38. The van der Waals surface area contributed by atoms with Gasteiger partial charge in [0.2, 0.25) is 0 Å². The molecule has 6 nitrogen and oxygen atoms in total. The molecule has 1 aliphatic heterocycles. The third-order valence-corrected chi connectivity index (χ3v) is 6.42. The van der Waals surface area contributed by atoms with Crippen LogP contribution in [0.2, 0.25) is 0 Å². The predicted molar refractivity (Wildman–Crippen MR) is 115 cm³/mol. The zero-order valence-electron chi connectivity index (χ0n) is 16.5. The number of pyridine rings is 1. The summed E-state index contributed by atoms with van der Waals surface area (Å²) >= 11 is 0. The van der Waals surface area contributed by atoms with Gasteiger partial charge in [-0.05, 0) is 49.7 Å². The zero-order chi connectivity index (χ0) is 20.1. The van der Waals surface area contributed by atoms with E-state index in [9.17, 15) is 8.42 Å². The summed E-state index contributed by atoms with van der Waals surface area (Å²) in [6.07, 6.45) is 4.41. The van der Waals surface area contributed by atoms with Gasteiger partial charge in [-0.25, -0.2) is 13.4 Å². The third-order valence-electron chi connectivity index (χ3n) is 5.03. The molecule has 1 saturated heterocycles. The summed E-state index contributed by atoms with van der Waals surface area (Å²) in [7, 11) is -3.64. The molecule has 0 bridgehead atoms. The van der Waals surface area contributed by atoms with E-state index in [0.29, 0.717) is 11.7 Å². The first kappa shape index (κ1) is 20.4.